The summed E-state index contributed by atoms with van der Waals surface area (Å²) in [5.41, 5.74) is 0.449. The van der Waals surface area contributed by atoms with Crippen molar-refractivity contribution < 1.29 is 13.6 Å². The molecule has 6 heteroatoms. The maximum absolute atomic E-state index is 14.2. The molecule has 3 rings (SSSR count). The van der Waals surface area contributed by atoms with Crippen LogP contribution in [0.2, 0.25) is 5.02 Å². The minimum atomic E-state index is -0.514. The summed E-state index contributed by atoms with van der Waals surface area (Å²) in [6, 6.07) is 14.5. The number of anilines is 1. The molecule has 0 spiro atoms. The Kier molecular flexibility index (Phi) is 5.05. The molecule has 0 unspecified atom stereocenters. The topological polar surface area (TPSA) is 33.2 Å². The Hall–Kier alpha value is -2.79. The Balaban J connectivity index is 2.01. The van der Waals surface area contributed by atoms with Crippen molar-refractivity contribution in [2.45, 2.75) is 6.54 Å². The van der Waals surface area contributed by atoms with Gasteiger partial charge in [0.05, 0.1) is 6.54 Å². The van der Waals surface area contributed by atoms with Gasteiger partial charge in [-0.3, -0.25) is 9.69 Å². The summed E-state index contributed by atoms with van der Waals surface area (Å²) in [6.45, 7) is -0.0985. The van der Waals surface area contributed by atoms with E-state index in [1.54, 1.807) is 24.3 Å². The molecule has 0 fully saturated rings. The van der Waals surface area contributed by atoms with Crippen molar-refractivity contribution in [1.82, 2.24) is 4.98 Å². The fraction of sp³-hybridized carbons (Fsp3) is 0.0526. The summed E-state index contributed by atoms with van der Waals surface area (Å²) < 4.78 is 27.3. The van der Waals surface area contributed by atoms with Gasteiger partial charge in [0.1, 0.15) is 17.5 Å². The van der Waals surface area contributed by atoms with E-state index >= 15 is 0 Å². The number of hydrogen-bond acceptors (Lipinski definition) is 2. The van der Waals surface area contributed by atoms with Crippen molar-refractivity contribution in [3.63, 3.8) is 0 Å². The van der Waals surface area contributed by atoms with E-state index in [9.17, 15) is 13.6 Å². The molecule has 25 heavy (non-hydrogen) atoms. The smallest absolute Gasteiger partial charge is 0.259 e. The highest BCUT2D eigenvalue weighted by Crippen LogP contribution is 2.24. The van der Waals surface area contributed by atoms with Crippen LogP contribution in [0.4, 0.5) is 14.6 Å². The van der Waals surface area contributed by atoms with Gasteiger partial charge in [0.2, 0.25) is 0 Å². The molecule has 0 aliphatic carbocycles. The van der Waals surface area contributed by atoms with E-state index in [1.165, 1.54) is 47.5 Å². The third kappa shape index (κ3) is 3.83. The lowest BCUT2D eigenvalue weighted by Crippen LogP contribution is -2.31. The number of rotatable bonds is 4. The predicted octanol–water partition coefficient (Wildman–Crippen LogP) is 4.86. The van der Waals surface area contributed by atoms with Crippen molar-refractivity contribution in [2.24, 2.45) is 0 Å². The number of amides is 1. The molecule has 1 amide bonds. The summed E-state index contributed by atoms with van der Waals surface area (Å²) in [7, 11) is 0. The quantitative estimate of drug-likeness (QED) is 0.667. The second kappa shape index (κ2) is 7.40. The van der Waals surface area contributed by atoms with Gasteiger partial charge < -0.3 is 0 Å². The van der Waals surface area contributed by atoms with Gasteiger partial charge in [0.15, 0.2) is 0 Å². The van der Waals surface area contributed by atoms with E-state index in [4.69, 9.17) is 11.6 Å². The molecule has 0 N–H and O–H groups in total. The molecule has 1 heterocycles. The van der Waals surface area contributed by atoms with Crippen LogP contribution in [0, 0.1) is 11.6 Å². The molecule has 0 aliphatic heterocycles. The Bertz CT molecular complexity index is 865. The van der Waals surface area contributed by atoms with Crippen LogP contribution < -0.4 is 4.90 Å². The monoisotopic (exact) mass is 358 g/mol. The molecule has 0 radical (unpaired) electrons. The number of hydrogen-bond donors (Lipinski definition) is 0. The van der Waals surface area contributed by atoms with E-state index < -0.39 is 17.5 Å². The highest BCUT2D eigenvalue weighted by Gasteiger charge is 2.22. The van der Waals surface area contributed by atoms with Gasteiger partial charge in [-0.05, 0) is 48.5 Å². The number of benzene rings is 2. The summed E-state index contributed by atoms with van der Waals surface area (Å²) in [6.07, 6.45) is 1.53. The maximum Gasteiger partial charge on any atom is 0.259 e. The van der Waals surface area contributed by atoms with Gasteiger partial charge in [0.25, 0.3) is 5.91 Å². The predicted molar refractivity (Wildman–Crippen MR) is 92.6 cm³/mol. The van der Waals surface area contributed by atoms with Gasteiger partial charge in [-0.25, -0.2) is 13.8 Å². The second-order valence-electron chi connectivity index (χ2n) is 5.29. The van der Waals surface area contributed by atoms with Crippen LogP contribution >= 0.6 is 11.6 Å². The first-order valence-corrected chi connectivity index (χ1v) is 7.85. The first-order valence-electron chi connectivity index (χ1n) is 7.47. The minimum Gasteiger partial charge on any atom is -0.288 e. The lowest BCUT2D eigenvalue weighted by molar-refractivity contribution is 0.0984. The highest BCUT2D eigenvalue weighted by molar-refractivity contribution is 6.31. The molecule has 3 nitrogen and oxygen atoms in total. The first kappa shape index (κ1) is 17.0. The van der Waals surface area contributed by atoms with E-state index in [1.807, 2.05) is 0 Å². The van der Waals surface area contributed by atoms with Crippen molar-refractivity contribution in [3.05, 3.63) is 94.6 Å². The van der Waals surface area contributed by atoms with Gasteiger partial charge in [-0.1, -0.05) is 23.7 Å². The molecule has 0 saturated carbocycles. The molecule has 0 bridgehead atoms. The van der Waals surface area contributed by atoms with Gasteiger partial charge in [-0.15, -0.1) is 0 Å². The van der Waals surface area contributed by atoms with Crippen molar-refractivity contribution in [3.8, 4) is 0 Å². The highest BCUT2D eigenvalue weighted by atomic mass is 35.5. The maximum atomic E-state index is 14.2. The van der Waals surface area contributed by atoms with Crippen LogP contribution in [-0.4, -0.2) is 10.9 Å². The summed E-state index contributed by atoms with van der Waals surface area (Å²) in [4.78, 5) is 18.3. The second-order valence-corrected chi connectivity index (χ2v) is 5.69. The van der Waals surface area contributed by atoms with E-state index in [2.05, 4.69) is 4.98 Å². The molecule has 2 aromatic carbocycles. The SMILES string of the molecule is O=C(c1ccc(F)cc1)N(Cc1c(F)cccc1Cl)c1ccccn1. The molecule has 1 aromatic heterocycles. The molecule has 126 valence electrons. The van der Waals surface area contributed by atoms with E-state index in [0.29, 0.717) is 5.82 Å². The average Bonchev–Trinajstić information content (AvgIpc) is 2.62. The number of carbonyl (C=O) groups is 1. The number of aromatic nitrogens is 1. The van der Waals surface area contributed by atoms with Crippen LogP contribution in [0.15, 0.2) is 66.9 Å². The fourth-order valence-electron chi connectivity index (χ4n) is 2.36. The van der Waals surface area contributed by atoms with E-state index in [0.717, 1.165) is 0 Å². The zero-order valence-corrected chi connectivity index (χ0v) is 13.8. The lowest BCUT2D eigenvalue weighted by Gasteiger charge is -2.22. The number of nitrogens with zero attached hydrogens (tertiary/aromatic N) is 2. The molecule has 3 aromatic rings. The molecular weight excluding hydrogens is 346 g/mol. The number of pyridine rings is 1. The summed E-state index contributed by atoms with van der Waals surface area (Å²) in [5.74, 6) is -1.05. The molecule has 0 atom stereocenters. The number of halogens is 3. The number of carbonyl (C=O) groups excluding carboxylic acids is 1. The van der Waals surface area contributed by atoms with Crippen LogP contribution in [-0.2, 0) is 6.54 Å². The summed E-state index contributed by atoms with van der Waals surface area (Å²) in [5, 5.41) is 0.216. The molecule has 0 saturated heterocycles. The first-order chi connectivity index (χ1) is 12.1. The minimum absolute atomic E-state index is 0.0985. The van der Waals surface area contributed by atoms with Crippen molar-refractivity contribution >= 4 is 23.3 Å². The molecular formula is C19H13ClF2N2O. The Morgan fingerprint density at radius 1 is 1.00 bits per heavy atom. The molecule has 0 aliphatic rings. The Morgan fingerprint density at radius 2 is 1.76 bits per heavy atom. The Morgan fingerprint density at radius 3 is 2.40 bits per heavy atom. The third-order valence-electron chi connectivity index (χ3n) is 3.64. The van der Waals surface area contributed by atoms with Gasteiger partial charge in [0, 0.05) is 22.3 Å². The van der Waals surface area contributed by atoms with Crippen LogP contribution in [0.5, 0.6) is 0 Å². The normalized spacial score (nSPS) is 10.5. The van der Waals surface area contributed by atoms with Crippen LogP contribution in [0.25, 0.3) is 0 Å². The standard InChI is InChI=1S/C19H13ClF2N2O/c20-16-4-3-5-17(22)15(16)12-24(18-6-1-2-11-23-18)19(25)13-7-9-14(21)10-8-13/h1-11H,12H2. The fourth-order valence-corrected chi connectivity index (χ4v) is 2.58. The Labute approximate surface area is 148 Å². The summed E-state index contributed by atoms with van der Waals surface area (Å²) >= 11 is 6.08. The van der Waals surface area contributed by atoms with Gasteiger partial charge in [-0.2, -0.15) is 0 Å². The van der Waals surface area contributed by atoms with E-state index in [-0.39, 0.29) is 22.7 Å². The van der Waals surface area contributed by atoms with Crippen LogP contribution in [0.1, 0.15) is 15.9 Å². The van der Waals surface area contributed by atoms with Crippen molar-refractivity contribution in [2.75, 3.05) is 4.90 Å². The van der Waals surface area contributed by atoms with Crippen LogP contribution in [0.3, 0.4) is 0 Å². The zero-order valence-electron chi connectivity index (χ0n) is 13.0. The largest absolute Gasteiger partial charge is 0.288 e. The van der Waals surface area contributed by atoms with Gasteiger partial charge >= 0.3 is 0 Å². The van der Waals surface area contributed by atoms with Crippen molar-refractivity contribution in [1.29, 1.82) is 0 Å². The third-order valence-corrected chi connectivity index (χ3v) is 3.99. The zero-order chi connectivity index (χ0) is 17.8. The lowest BCUT2D eigenvalue weighted by atomic mass is 10.1. The average molecular weight is 359 g/mol.